The van der Waals surface area contributed by atoms with Gasteiger partial charge in [0.15, 0.2) is 0 Å². The Morgan fingerprint density at radius 1 is 1.29 bits per heavy atom. The highest BCUT2D eigenvalue weighted by molar-refractivity contribution is 4.88. The SMILES string of the molecule is CC(CC1CC1)N1CCCNC(C(C)(C)C)C1. The number of hydrogen-bond acceptors (Lipinski definition) is 2. The smallest absolute Gasteiger partial charge is 0.0243 e. The molecular weight excluding hydrogens is 208 g/mol. The molecule has 2 unspecified atom stereocenters. The summed E-state index contributed by atoms with van der Waals surface area (Å²) < 4.78 is 0. The van der Waals surface area contributed by atoms with Gasteiger partial charge >= 0.3 is 0 Å². The molecule has 2 fully saturated rings. The van der Waals surface area contributed by atoms with Crippen molar-refractivity contribution in [3.63, 3.8) is 0 Å². The van der Waals surface area contributed by atoms with Crippen LogP contribution in [0.3, 0.4) is 0 Å². The second-order valence-electron chi connectivity index (χ2n) is 7.25. The second-order valence-corrected chi connectivity index (χ2v) is 7.25. The summed E-state index contributed by atoms with van der Waals surface area (Å²) in [7, 11) is 0. The Balaban J connectivity index is 1.91. The third kappa shape index (κ3) is 3.96. The second kappa shape index (κ2) is 5.27. The molecule has 2 rings (SSSR count). The third-order valence-electron chi connectivity index (χ3n) is 4.47. The van der Waals surface area contributed by atoms with Crippen LogP contribution in [0.15, 0.2) is 0 Å². The Labute approximate surface area is 107 Å². The van der Waals surface area contributed by atoms with Crippen LogP contribution in [0.1, 0.15) is 53.4 Å². The fraction of sp³-hybridized carbons (Fsp3) is 1.00. The largest absolute Gasteiger partial charge is 0.312 e. The van der Waals surface area contributed by atoms with E-state index >= 15 is 0 Å². The summed E-state index contributed by atoms with van der Waals surface area (Å²) in [5.74, 6) is 1.05. The normalized spacial score (nSPS) is 30.0. The molecule has 0 radical (unpaired) electrons. The van der Waals surface area contributed by atoms with Gasteiger partial charge in [0.25, 0.3) is 0 Å². The Kier molecular flexibility index (Phi) is 4.14. The van der Waals surface area contributed by atoms with Crippen molar-refractivity contribution in [3.8, 4) is 0 Å². The van der Waals surface area contributed by atoms with E-state index in [4.69, 9.17) is 0 Å². The minimum absolute atomic E-state index is 0.377. The van der Waals surface area contributed by atoms with E-state index in [0.717, 1.165) is 12.0 Å². The summed E-state index contributed by atoms with van der Waals surface area (Å²) >= 11 is 0. The van der Waals surface area contributed by atoms with E-state index in [1.165, 1.54) is 45.3 Å². The van der Waals surface area contributed by atoms with Gasteiger partial charge in [-0.2, -0.15) is 0 Å². The number of nitrogens with zero attached hydrogens (tertiary/aromatic N) is 1. The molecule has 1 aliphatic heterocycles. The molecule has 1 aliphatic carbocycles. The standard InChI is InChI=1S/C15H30N2/c1-12(10-13-6-7-13)17-9-5-8-16-14(11-17)15(2,3)4/h12-14,16H,5-11H2,1-4H3. The fourth-order valence-corrected chi connectivity index (χ4v) is 2.91. The first kappa shape index (κ1) is 13.4. The lowest BCUT2D eigenvalue weighted by Crippen LogP contribution is -2.48. The fourth-order valence-electron chi connectivity index (χ4n) is 2.91. The molecule has 1 saturated carbocycles. The van der Waals surface area contributed by atoms with Gasteiger partial charge < -0.3 is 5.32 Å². The van der Waals surface area contributed by atoms with Gasteiger partial charge in [0.05, 0.1) is 0 Å². The van der Waals surface area contributed by atoms with Crippen molar-refractivity contribution in [3.05, 3.63) is 0 Å². The van der Waals surface area contributed by atoms with Crippen LogP contribution in [0, 0.1) is 11.3 Å². The third-order valence-corrected chi connectivity index (χ3v) is 4.47. The van der Waals surface area contributed by atoms with E-state index in [2.05, 4.69) is 37.9 Å². The predicted octanol–water partition coefficient (Wildman–Crippen LogP) is 2.89. The molecule has 0 amide bonds. The van der Waals surface area contributed by atoms with Crippen molar-refractivity contribution in [2.24, 2.45) is 11.3 Å². The van der Waals surface area contributed by atoms with Gasteiger partial charge in [-0.05, 0) is 44.2 Å². The van der Waals surface area contributed by atoms with E-state index in [0.29, 0.717) is 11.5 Å². The molecule has 0 aromatic rings. The van der Waals surface area contributed by atoms with Gasteiger partial charge in [-0.15, -0.1) is 0 Å². The van der Waals surface area contributed by atoms with Crippen LogP contribution in [-0.2, 0) is 0 Å². The highest BCUT2D eigenvalue weighted by atomic mass is 15.2. The molecule has 0 bridgehead atoms. The predicted molar refractivity (Wildman–Crippen MR) is 74.2 cm³/mol. The zero-order valence-electron chi connectivity index (χ0n) is 12.1. The molecule has 2 aliphatic rings. The van der Waals surface area contributed by atoms with Gasteiger partial charge in [-0.3, -0.25) is 4.90 Å². The van der Waals surface area contributed by atoms with Crippen molar-refractivity contribution < 1.29 is 0 Å². The summed E-state index contributed by atoms with van der Waals surface area (Å²) in [5.41, 5.74) is 0.377. The summed E-state index contributed by atoms with van der Waals surface area (Å²) in [6.07, 6.45) is 5.71. The van der Waals surface area contributed by atoms with Crippen molar-refractivity contribution in [2.45, 2.75) is 65.5 Å². The summed E-state index contributed by atoms with van der Waals surface area (Å²) in [4.78, 5) is 2.73. The highest BCUT2D eigenvalue weighted by Crippen LogP contribution is 2.35. The van der Waals surface area contributed by atoms with E-state index < -0.39 is 0 Å². The summed E-state index contributed by atoms with van der Waals surface area (Å²) in [6, 6.07) is 1.43. The molecular formula is C15H30N2. The van der Waals surface area contributed by atoms with Gasteiger partial charge in [-0.25, -0.2) is 0 Å². The first-order valence-corrected chi connectivity index (χ1v) is 7.44. The minimum Gasteiger partial charge on any atom is -0.312 e. The quantitative estimate of drug-likeness (QED) is 0.813. The molecule has 17 heavy (non-hydrogen) atoms. The van der Waals surface area contributed by atoms with Crippen LogP contribution < -0.4 is 5.32 Å². The number of hydrogen-bond donors (Lipinski definition) is 1. The van der Waals surface area contributed by atoms with Crippen molar-refractivity contribution in [2.75, 3.05) is 19.6 Å². The average molecular weight is 238 g/mol. The lowest BCUT2D eigenvalue weighted by atomic mass is 9.86. The Bertz CT molecular complexity index is 240. The molecule has 2 heteroatoms. The Morgan fingerprint density at radius 3 is 2.59 bits per heavy atom. The van der Waals surface area contributed by atoms with E-state index in [1.807, 2.05) is 0 Å². The Hall–Kier alpha value is -0.0800. The van der Waals surface area contributed by atoms with Gasteiger partial charge in [0.1, 0.15) is 0 Å². The number of nitrogens with one attached hydrogen (secondary N) is 1. The molecule has 1 heterocycles. The van der Waals surface area contributed by atoms with Gasteiger partial charge in [0, 0.05) is 18.6 Å². The Morgan fingerprint density at radius 2 is 2.00 bits per heavy atom. The van der Waals surface area contributed by atoms with Crippen molar-refractivity contribution >= 4 is 0 Å². The minimum atomic E-state index is 0.377. The van der Waals surface area contributed by atoms with E-state index in [-0.39, 0.29) is 0 Å². The first-order chi connectivity index (χ1) is 7.97. The van der Waals surface area contributed by atoms with E-state index in [9.17, 15) is 0 Å². The van der Waals surface area contributed by atoms with Crippen LogP contribution >= 0.6 is 0 Å². The van der Waals surface area contributed by atoms with Crippen LogP contribution in [0.25, 0.3) is 0 Å². The van der Waals surface area contributed by atoms with Crippen LogP contribution in [-0.4, -0.2) is 36.6 Å². The monoisotopic (exact) mass is 238 g/mol. The average Bonchev–Trinajstić information content (AvgIpc) is 2.99. The molecule has 1 N–H and O–H groups in total. The maximum Gasteiger partial charge on any atom is 0.0243 e. The number of rotatable bonds is 3. The summed E-state index contributed by atoms with van der Waals surface area (Å²) in [6.45, 7) is 13.2. The molecule has 0 spiro atoms. The van der Waals surface area contributed by atoms with Crippen LogP contribution in [0.2, 0.25) is 0 Å². The highest BCUT2D eigenvalue weighted by Gasteiger charge is 2.31. The zero-order valence-corrected chi connectivity index (χ0v) is 12.1. The molecule has 100 valence electrons. The molecule has 2 atom stereocenters. The van der Waals surface area contributed by atoms with Gasteiger partial charge in [-0.1, -0.05) is 33.6 Å². The maximum absolute atomic E-state index is 3.73. The topological polar surface area (TPSA) is 15.3 Å². The molecule has 0 aromatic carbocycles. The lowest BCUT2D eigenvalue weighted by molar-refractivity contribution is 0.153. The van der Waals surface area contributed by atoms with Crippen molar-refractivity contribution in [1.82, 2.24) is 10.2 Å². The van der Waals surface area contributed by atoms with Crippen LogP contribution in [0.5, 0.6) is 0 Å². The zero-order chi connectivity index (χ0) is 12.5. The first-order valence-electron chi connectivity index (χ1n) is 7.44. The van der Waals surface area contributed by atoms with Crippen molar-refractivity contribution in [1.29, 1.82) is 0 Å². The van der Waals surface area contributed by atoms with E-state index in [1.54, 1.807) is 0 Å². The van der Waals surface area contributed by atoms with Crippen LogP contribution in [0.4, 0.5) is 0 Å². The molecule has 2 nitrogen and oxygen atoms in total. The molecule has 0 aromatic heterocycles. The molecule has 1 saturated heterocycles. The lowest BCUT2D eigenvalue weighted by Gasteiger charge is -2.36. The summed E-state index contributed by atoms with van der Waals surface area (Å²) in [5, 5.41) is 3.73. The van der Waals surface area contributed by atoms with Gasteiger partial charge in [0.2, 0.25) is 0 Å². The maximum atomic E-state index is 3.73.